The van der Waals surface area contributed by atoms with E-state index in [9.17, 15) is 0 Å². The molecule has 0 amide bonds. The Morgan fingerprint density at radius 3 is 2.69 bits per heavy atom. The van der Waals surface area contributed by atoms with Crippen LogP contribution in [-0.4, -0.2) is 6.54 Å². The lowest BCUT2D eigenvalue weighted by Crippen LogP contribution is -2.21. The highest BCUT2D eigenvalue weighted by molar-refractivity contribution is 9.11. The van der Waals surface area contributed by atoms with Gasteiger partial charge in [0.1, 0.15) is 0 Å². The Bertz CT molecular complexity index is 361. The summed E-state index contributed by atoms with van der Waals surface area (Å²) < 4.78 is 2.33. The van der Waals surface area contributed by atoms with Crippen molar-refractivity contribution in [3.63, 3.8) is 0 Å². The molecule has 3 heteroatoms. The molecule has 0 saturated heterocycles. The summed E-state index contributed by atoms with van der Waals surface area (Å²) in [6.07, 6.45) is 4.10. The van der Waals surface area contributed by atoms with E-state index in [1.165, 1.54) is 29.3 Å². The third-order valence-electron chi connectivity index (χ3n) is 3.05. The minimum atomic E-state index is 0.500. The van der Waals surface area contributed by atoms with Crippen molar-refractivity contribution >= 4 is 31.9 Å². The van der Waals surface area contributed by atoms with Crippen LogP contribution in [0.4, 0.5) is 0 Å². The average molecular weight is 347 g/mol. The van der Waals surface area contributed by atoms with Gasteiger partial charge in [0.15, 0.2) is 0 Å². The molecule has 1 saturated carbocycles. The second-order valence-corrected chi connectivity index (χ2v) is 6.23. The summed E-state index contributed by atoms with van der Waals surface area (Å²) in [5.74, 6) is 0.944. The molecule has 0 aromatic heterocycles. The van der Waals surface area contributed by atoms with Crippen LogP contribution >= 0.6 is 31.9 Å². The van der Waals surface area contributed by atoms with Crippen molar-refractivity contribution in [1.82, 2.24) is 5.32 Å². The lowest BCUT2D eigenvalue weighted by atomic mass is 10.0. The SMILES string of the molecule is CCNC(CC1CC1)c1ccc(Br)cc1Br. The zero-order valence-electron chi connectivity index (χ0n) is 9.47. The Labute approximate surface area is 114 Å². The fraction of sp³-hybridized carbons (Fsp3) is 0.538. The molecule has 1 atom stereocenters. The van der Waals surface area contributed by atoms with E-state index in [0.717, 1.165) is 16.9 Å². The Kier molecular flexibility index (Phi) is 4.45. The second-order valence-electron chi connectivity index (χ2n) is 4.46. The highest BCUT2D eigenvalue weighted by Gasteiger charge is 2.26. The van der Waals surface area contributed by atoms with Gasteiger partial charge in [0.05, 0.1) is 0 Å². The van der Waals surface area contributed by atoms with E-state index in [1.807, 2.05) is 0 Å². The molecule has 1 nitrogen and oxygen atoms in total. The zero-order chi connectivity index (χ0) is 11.5. The Balaban J connectivity index is 2.15. The first-order valence-corrected chi connectivity index (χ1v) is 7.47. The predicted octanol–water partition coefficient (Wildman–Crippen LogP) is 4.66. The number of halogens is 2. The van der Waals surface area contributed by atoms with Gasteiger partial charge < -0.3 is 5.32 Å². The molecule has 16 heavy (non-hydrogen) atoms. The third kappa shape index (κ3) is 3.31. The quantitative estimate of drug-likeness (QED) is 0.817. The molecule has 1 aliphatic carbocycles. The van der Waals surface area contributed by atoms with Crippen molar-refractivity contribution in [2.75, 3.05) is 6.54 Å². The maximum atomic E-state index is 3.66. The van der Waals surface area contributed by atoms with Crippen molar-refractivity contribution in [2.24, 2.45) is 5.92 Å². The van der Waals surface area contributed by atoms with Gasteiger partial charge in [-0.25, -0.2) is 0 Å². The highest BCUT2D eigenvalue weighted by atomic mass is 79.9. The normalized spacial score (nSPS) is 17.4. The van der Waals surface area contributed by atoms with Crippen molar-refractivity contribution < 1.29 is 0 Å². The van der Waals surface area contributed by atoms with Gasteiger partial charge in [0.2, 0.25) is 0 Å². The number of rotatable bonds is 5. The van der Waals surface area contributed by atoms with E-state index in [-0.39, 0.29) is 0 Å². The molecular weight excluding hydrogens is 330 g/mol. The van der Waals surface area contributed by atoms with Crippen molar-refractivity contribution in [3.05, 3.63) is 32.7 Å². The molecule has 1 aliphatic rings. The summed E-state index contributed by atoms with van der Waals surface area (Å²) in [4.78, 5) is 0. The Morgan fingerprint density at radius 2 is 2.12 bits per heavy atom. The lowest BCUT2D eigenvalue weighted by molar-refractivity contribution is 0.485. The van der Waals surface area contributed by atoms with Gasteiger partial charge in [-0.15, -0.1) is 0 Å². The second kappa shape index (κ2) is 5.65. The van der Waals surface area contributed by atoms with Crippen LogP contribution < -0.4 is 5.32 Å². The van der Waals surface area contributed by atoms with Crippen molar-refractivity contribution in [2.45, 2.75) is 32.2 Å². The lowest BCUT2D eigenvalue weighted by Gasteiger charge is -2.19. The van der Waals surface area contributed by atoms with Crippen LogP contribution in [0.15, 0.2) is 27.1 Å². The summed E-state index contributed by atoms with van der Waals surface area (Å²) >= 11 is 7.16. The van der Waals surface area contributed by atoms with E-state index in [2.05, 4.69) is 62.3 Å². The van der Waals surface area contributed by atoms with Crippen LogP contribution in [0.3, 0.4) is 0 Å². The van der Waals surface area contributed by atoms with Gasteiger partial charge in [0, 0.05) is 15.0 Å². The van der Waals surface area contributed by atoms with E-state index in [4.69, 9.17) is 0 Å². The van der Waals surface area contributed by atoms with Crippen LogP contribution in [0.2, 0.25) is 0 Å². The fourth-order valence-electron chi connectivity index (χ4n) is 2.04. The number of benzene rings is 1. The first kappa shape index (κ1) is 12.6. The molecule has 2 rings (SSSR count). The molecule has 0 aliphatic heterocycles. The van der Waals surface area contributed by atoms with E-state index >= 15 is 0 Å². The van der Waals surface area contributed by atoms with Crippen molar-refractivity contribution in [1.29, 1.82) is 0 Å². The largest absolute Gasteiger partial charge is 0.310 e. The molecule has 88 valence electrons. The van der Waals surface area contributed by atoms with E-state index in [1.54, 1.807) is 0 Å². The molecule has 0 radical (unpaired) electrons. The molecule has 1 aromatic rings. The van der Waals surface area contributed by atoms with Gasteiger partial charge in [-0.2, -0.15) is 0 Å². The van der Waals surface area contributed by atoms with E-state index < -0.39 is 0 Å². The zero-order valence-corrected chi connectivity index (χ0v) is 12.6. The summed E-state index contributed by atoms with van der Waals surface area (Å²) in [7, 11) is 0. The maximum Gasteiger partial charge on any atom is 0.0333 e. The van der Waals surface area contributed by atoms with E-state index in [0.29, 0.717) is 6.04 Å². The molecule has 0 spiro atoms. The number of nitrogens with one attached hydrogen (secondary N) is 1. The first-order chi connectivity index (χ1) is 7.70. The molecule has 0 heterocycles. The van der Waals surface area contributed by atoms with Crippen LogP contribution in [0, 0.1) is 5.92 Å². The van der Waals surface area contributed by atoms with Crippen LogP contribution in [0.1, 0.15) is 37.8 Å². The fourth-order valence-corrected chi connectivity index (χ4v) is 3.36. The number of hydrogen-bond acceptors (Lipinski definition) is 1. The minimum Gasteiger partial charge on any atom is -0.310 e. The summed E-state index contributed by atoms with van der Waals surface area (Å²) in [6, 6.07) is 6.97. The molecule has 0 bridgehead atoms. The molecular formula is C13H17Br2N. The first-order valence-electron chi connectivity index (χ1n) is 5.89. The average Bonchev–Trinajstić information content (AvgIpc) is 3.01. The molecule has 1 aromatic carbocycles. The molecule has 1 unspecified atom stereocenters. The summed E-state index contributed by atoms with van der Waals surface area (Å²) in [6.45, 7) is 3.20. The summed E-state index contributed by atoms with van der Waals surface area (Å²) in [5.41, 5.74) is 1.39. The van der Waals surface area contributed by atoms with Crippen LogP contribution in [0.5, 0.6) is 0 Å². The highest BCUT2D eigenvalue weighted by Crippen LogP contribution is 2.39. The van der Waals surface area contributed by atoms with Gasteiger partial charge in [-0.1, -0.05) is 57.7 Å². The maximum absolute atomic E-state index is 3.66. The molecule has 1 fully saturated rings. The third-order valence-corrected chi connectivity index (χ3v) is 4.23. The van der Waals surface area contributed by atoms with Crippen LogP contribution in [0.25, 0.3) is 0 Å². The topological polar surface area (TPSA) is 12.0 Å². The predicted molar refractivity (Wildman–Crippen MR) is 75.6 cm³/mol. The van der Waals surface area contributed by atoms with Gasteiger partial charge in [-0.05, 0) is 36.6 Å². The summed E-state index contributed by atoms with van der Waals surface area (Å²) in [5, 5.41) is 3.59. The van der Waals surface area contributed by atoms with Crippen molar-refractivity contribution in [3.8, 4) is 0 Å². The monoisotopic (exact) mass is 345 g/mol. The molecule has 1 N–H and O–H groups in total. The minimum absolute atomic E-state index is 0.500. The van der Waals surface area contributed by atoms with Gasteiger partial charge in [-0.3, -0.25) is 0 Å². The van der Waals surface area contributed by atoms with Gasteiger partial charge >= 0.3 is 0 Å². The number of hydrogen-bond donors (Lipinski definition) is 1. The standard InChI is InChI=1S/C13H17Br2N/c1-2-16-13(7-9-3-4-9)11-6-5-10(14)8-12(11)15/h5-6,8-9,13,16H,2-4,7H2,1H3. The Hall–Kier alpha value is 0.140. The smallest absolute Gasteiger partial charge is 0.0333 e. The Morgan fingerprint density at radius 1 is 1.38 bits per heavy atom. The van der Waals surface area contributed by atoms with Crippen LogP contribution in [-0.2, 0) is 0 Å². The van der Waals surface area contributed by atoms with Gasteiger partial charge in [0.25, 0.3) is 0 Å².